The summed E-state index contributed by atoms with van der Waals surface area (Å²) in [5.41, 5.74) is 4.18. The highest BCUT2D eigenvalue weighted by Crippen LogP contribution is 2.23. The zero-order valence-electron chi connectivity index (χ0n) is 12.1. The van der Waals surface area contributed by atoms with Gasteiger partial charge in [-0.15, -0.1) is 0 Å². The van der Waals surface area contributed by atoms with Gasteiger partial charge in [-0.05, 0) is 43.1 Å². The average Bonchev–Trinajstić information content (AvgIpc) is 2.53. The quantitative estimate of drug-likeness (QED) is 0.906. The molecule has 1 aliphatic heterocycles. The second-order valence-corrected chi connectivity index (χ2v) is 5.28. The molecule has 1 aromatic heterocycles. The molecule has 106 valence electrons. The molecule has 0 saturated heterocycles. The summed E-state index contributed by atoms with van der Waals surface area (Å²) in [5, 5.41) is 15.8. The van der Waals surface area contributed by atoms with Crippen LogP contribution < -0.4 is 10.6 Å². The van der Waals surface area contributed by atoms with Crippen molar-refractivity contribution in [2.75, 3.05) is 18.4 Å². The molecule has 3 rings (SSSR count). The van der Waals surface area contributed by atoms with Crippen molar-refractivity contribution in [2.45, 2.75) is 19.4 Å². The Balaban J connectivity index is 1.72. The van der Waals surface area contributed by atoms with Crippen molar-refractivity contribution < 1.29 is 0 Å². The lowest BCUT2D eigenvalue weighted by atomic mass is 9.94. The van der Waals surface area contributed by atoms with Gasteiger partial charge < -0.3 is 10.6 Å². The Labute approximate surface area is 124 Å². The van der Waals surface area contributed by atoms with Crippen LogP contribution in [0.25, 0.3) is 0 Å². The maximum absolute atomic E-state index is 8.93. The van der Waals surface area contributed by atoms with Gasteiger partial charge in [-0.1, -0.05) is 24.3 Å². The average molecular weight is 278 g/mol. The zero-order chi connectivity index (χ0) is 14.7. The number of fused-ring (bicyclic) bond motifs is 1. The molecule has 0 saturated carbocycles. The second kappa shape index (κ2) is 5.94. The standard InChI is InChI=1S/C17H18N4/c1-12-14(10-18)6-7-17(21-12)20-11-16-15-5-3-2-4-13(15)8-9-19-16/h2-7,16,19H,8-9,11H2,1H3,(H,20,21). The van der Waals surface area contributed by atoms with Crippen molar-refractivity contribution in [2.24, 2.45) is 0 Å². The van der Waals surface area contributed by atoms with E-state index in [1.54, 1.807) is 0 Å². The van der Waals surface area contributed by atoms with Crippen molar-refractivity contribution in [3.63, 3.8) is 0 Å². The van der Waals surface area contributed by atoms with Crippen LogP contribution in [0.2, 0.25) is 0 Å². The molecular weight excluding hydrogens is 260 g/mol. The molecule has 2 aromatic rings. The molecule has 2 N–H and O–H groups in total. The Morgan fingerprint density at radius 1 is 1.33 bits per heavy atom. The lowest BCUT2D eigenvalue weighted by Gasteiger charge is -2.27. The number of rotatable bonds is 3. The summed E-state index contributed by atoms with van der Waals surface area (Å²) in [6.07, 6.45) is 1.08. The monoisotopic (exact) mass is 278 g/mol. The molecule has 21 heavy (non-hydrogen) atoms. The number of benzene rings is 1. The molecule has 0 spiro atoms. The van der Waals surface area contributed by atoms with Gasteiger partial charge >= 0.3 is 0 Å². The van der Waals surface area contributed by atoms with Crippen LogP contribution in [0.1, 0.15) is 28.4 Å². The van der Waals surface area contributed by atoms with E-state index in [0.29, 0.717) is 11.6 Å². The van der Waals surface area contributed by atoms with Gasteiger partial charge in [0.05, 0.1) is 11.3 Å². The van der Waals surface area contributed by atoms with E-state index in [4.69, 9.17) is 5.26 Å². The summed E-state index contributed by atoms with van der Waals surface area (Å²) in [7, 11) is 0. The van der Waals surface area contributed by atoms with Crippen molar-refractivity contribution in [3.05, 3.63) is 58.8 Å². The summed E-state index contributed by atoms with van der Waals surface area (Å²) in [4.78, 5) is 4.42. The van der Waals surface area contributed by atoms with Gasteiger partial charge in [-0.3, -0.25) is 0 Å². The highest BCUT2D eigenvalue weighted by Gasteiger charge is 2.18. The van der Waals surface area contributed by atoms with Crippen LogP contribution in [0.4, 0.5) is 5.82 Å². The molecule has 1 aromatic carbocycles. The van der Waals surface area contributed by atoms with Crippen LogP contribution in [0.3, 0.4) is 0 Å². The van der Waals surface area contributed by atoms with Gasteiger partial charge in [0, 0.05) is 12.6 Å². The Morgan fingerprint density at radius 3 is 3.00 bits per heavy atom. The molecule has 2 heterocycles. The number of hydrogen-bond donors (Lipinski definition) is 2. The fraction of sp³-hybridized carbons (Fsp3) is 0.294. The molecule has 0 radical (unpaired) electrons. The number of anilines is 1. The molecular formula is C17H18N4. The van der Waals surface area contributed by atoms with Crippen LogP contribution >= 0.6 is 0 Å². The Kier molecular flexibility index (Phi) is 3.85. The Morgan fingerprint density at radius 2 is 2.19 bits per heavy atom. The van der Waals surface area contributed by atoms with E-state index in [1.807, 2.05) is 19.1 Å². The van der Waals surface area contributed by atoms with Gasteiger partial charge in [0.1, 0.15) is 11.9 Å². The third-order valence-corrected chi connectivity index (χ3v) is 3.91. The SMILES string of the molecule is Cc1nc(NCC2NCCc3ccccc32)ccc1C#N. The summed E-state index contributed by atoms with van der Waals surface area (Å²) in [6, 6.07) is 14.7. The predicted molar refractivity (Wildman–Crippen MR) is 83.1 cm³/mol. The van der Waals surface area contributed by atoms with Crippen LogP contribution in [-0.4, -0.2) is 18.1 Å². The van der Waals surface area contributed by atoms with Gasteiger partial charge in [-0.25, -0.2) is 4.98 Å². The largest absolute Gasteiger partial charge is 0.368 e. The number of aryl methyl sites for hydroxylation is 1. The molecule has 4 nitrogen and oxygen atoms in total. The van der Waals surface area contributed by atoms with E-state index < -0.39 is 0 Å². The Hall–Kier alpha value is -2.38. The van der Waals surface area contributed by atoms with Crippen LogP contribution in [-0.2, 0) is 6.42 Å². The number of nitrogens with zero attached hydrogens (tertiary/aromatic N) is 2. The van der Waals surface area contributed by atoms with Crippen LogP contribution in [0.15, 0.2) is 36.4 Å². The minimum absolute atomic E-state index is 0.299. The predicted octanol–water partition coefficient (Wildman–Crippen LogP) is 2.56. The lowest BCUT2D eigenvalue weighted by molar-refractivity contribution is 0.523. The topological polar surface area (TPSA) is 60.7 Å². The highest BCUT2D eigenvalue weighted by molar-refractivity contribution is 5.43. The normalized spacial score (nSPS) is 16.9. The van der Waals surface area contributed by atoms with Crippen molar-refractivity contribution >= 4 is 5.82 Å². The van der Waals surface area contributed by atoms with Gasteiger partial charge in [0.15, 0.2) is 0 Å². The van der Waals surface area contributed by atoms with Crippen molar-refractivity contribution in [1.82, 2.24) is 10.3 Å². The van der Waals surface area contributed by atoms with E-state index in [-0.39, 0.29) is 0 Å². The summed E-state index contributed by atoms with van der Waals surface area (Å²) < 4.78 is 0. The molecule has 4 heteroatoms. The Bertz CT molecular complexity index is 687. The van der Waals surface area contributed by atoms with E-state index in [1.165, 1.54) is 11.1 Å². The van der Waals surface area contributed by atoms with E-state index in [2.05, 4.69) is 46.0 Å². The van der Waals surface area contributed by atoms with Gasteiger partial charge in [0.2, 0.25) is 0 Å². The van der Waals surface area contributed by atoms with E-state index in [9.17, 15) is 0 Å². The molecule has 0 bridgehead atoms. The smallest absolute Gasteiger partial charge is 0.126 e. The molecule has 0 fully saturated rings. The number of hydrogen-bond acceptors (Lipinski definition) is 4. The molecule has 1 aliphatic rings. The zero-order valence-corrected chi connectivity index (χ0v) is 12.1. The first-order valence-corrected chi connectivity index (χ1v) is 7.21. The molecule has 0 amide bonds. The van der Waals surface area contributed by atoms with Gasteiger partial charge in [-0.2, -0.15) is 5.26 Å². The maximum Gasteiger partial charge on any atom is 0.126 e. The summed E-state index contributed by atoms with van der Waals surface area (Å²) in [5.74, 6) is 0.816. The third-order valence-electron chi connectivity index (χ3n) is 3.91. The lowest BCUT2D eigenvalue weighted by Crippen LogP contribution is -2.34. The first kappa shape index (κ1) is 13.6. The number of nitriles is 1. The fourth-order valence-corrected chi connectivity index (χ4v) is 2.76. The van der Waals surface area contributed by atoms with Crippen LogP contribution in [0.5, 0.6) is 0 Å². The van der Waals surface area contributed by atoms with E-state index >= 15 is 0 Å². The first-order chi connectivity index (χ1) is 10.3. The molecule has 0 aliphatic carbocycles. The van der Waals surface area contributed by atoms with Crippen LogP contribution in [0, 0.1) is 18.3 Å². The molecule has 1 atom stereocenters. The second-order valence-electron chi connectivity index (χ2n) is 5.28. The first-order valence-electron chi connectivity index (χ1n) is 7.21. The number of nitrogens with one attached hydrogen (secondary N) is 2. The minimum Gasteiger partial charge on any atom is -0.368 e. The maximum atomic E-state index is 8.93. The third kappa shape index (κ3) is 2.88. The molecule has 1 unspecified atom stereocenters. The summed E-state index contributed by atoms with van der Waals surface area (Å²) >= 11 is 0. The van der Waals surface area contributed by atoms with Crippen molar-refractivity contribution in [1.29, 1.82) is 5.26 Å². The number of aromatic nitrogens is 1. The van der Waals surface area contributed by atoms with E-state index in [0.717, 1.165) is 31.0 Å². The number of pyridine rings is 1. The minimum atomic E-state index is 0.299. The highest BCUT2D eigenvalue weighted by atomic mass is 15.0. The van der Waals surface area contributed by atoms with Gasteiger partial charge in [0.25, 0.3) is 0 Å². The fourth-order valence-electron chi connectivity index (χ4n) is 2.76. The summed E-state index contributed by atoms with van der Waals surface area (Å²) in [6.45, 7) is 3.65. The van der Waals surface area contributed by atoms with Crippen molar-refractivity contribution in [3.8, 4) is 6.07 Å².